The maximum absolute atomic E-state index is 13.0. The van der Waals surface area contributed by atoms with Crippen molar-refractivity contribution in [1.82, 2.24) is 4.98 Å². The third kappa shape index (κ3) is 5.73. The molecule has 0 fully saturated rings. The number of carbonyl (C=O) groups is 1. The summed E-state index contributed by atoms with van der Waals surface area (Å²) in [5, 5.41) is 0. The lowest BCUT2D eigenvalue weighted by atomic mass is 10.1. The molecule has 0 saturated carbocycles. The fourth-order valence-corrected chi connectivity index (χ4v) is 2.02. The monoisotopic (exact) mass is 287 g/mol. The van der Waals surface area contributed by atoms with Crippen LogP contribution in [0.25, 0.3) is 0 Å². The molecule has 1 aromatic heterocycles. The minimum absolute atomic E-state index is 0.245. The summed E-state index contributed by atoms with van der Waals surface area (Å²) < 4.78 is 18.1. The van der Waals surface area contributed by atoms with Gasteiger partial charge in [0.15, 0.2) is 0 Å². The molecule has 4 heteroatoms. The average Bonchev–Trinajstić information content (AvgIpc) is 2.51. The summed E-state index contributed by atoms with van der Waals surface area (Å²) in [6, 6.07) is 10.2. The Morgan fingerprint density at radius 1 is 1.14 bits per heavy atom. The normalized spacial score (nSPS) is 10.3. The third-order valence-electron chi connectivity index (χ3n) is 3.10. The van der Waals surface area contributed by atoms with Crippen LogP contribution in [0.3, 0.4) is 0 Å². The number of halogens is 1. The molecular formula is C17H18FNO2. The lowest BCUT2D eigenvalue weighted by Gasteiger charge is -2.05. The minimum Gasteiger partial charge on any atom is -0.466 e. The van der Waals surface area contributed by atoms with Gasteiger partial charge >= 0.3 is 5.97 Å². The summed E-state index contributed by atoms with van der Waals surface area (Å²) in [5.74, 6) is -0.525. The predicted molar refractivity (Wildman–Crippen MR) is 78.2 cm³/mol. The largest absolute Gasteiger partial charge is 0.466 e. The zero-order chi connectivity index (χ0) is 14.9. The van der Waals surface area contributed by atoms with Crippen molar-refractivity contribution < 1.29 is 13.9 Å². The van der Waals surface area contributed by atoms with Gasteiger partial charge in [0.2, 0.25) is 0 Å². The number of ether oxygens (including phenoxy) is 1. The van der Waals surface area contributed by atoms with Gasteiger partial charge in [0.05, 0.1) is 6.61 Å². The molecule has 0 bridgehead atoms. The molecule has 0 saturated heterocycles. The van der Waals surface area contributed by atoms with Gasteiger partial charge in [-0.2, -0.15) is 0 Å². The quantitative estimate of drug-likeness (QED) is 0.579. The van der Waals surface area contributed by atoms with Crippen LogP contribution in [-0.2, 0) is 22.4 Å². The topological polar surface area (TPSA) is 39.2 Å². The van der Waals surface area contributed by atoms with Crippen molar-refractivity contribution in [3.05, 3.63) is 65.7 Å². The molecule has 0 aliphatic rings. The van der Waals surface area contributed by atoms with Gasteiger partial charge in [-0.1, -0.05) is 18.2 Å². The van der Waals surface area contributed by atoms with Crippen LogP contribution >= 0.6 is 0 Å². The number of benzene rings is 1. The predicted octanol–water partition coefficient (Wildman–Crippen LogP) is 3.33. The molecule has 0 N–H and O–H groups in total. The Labute approximate surface area is 123 Å². The second-order valence-electron chi connectivity index (χ2n) is 4.82. The highest BCUT2D eigenvalue weighted by atomic mass is 19.1. The highest BCUT2D eigenvalue weighted by Gasteiger charge is 2.04. The zero-order valence-corrected chi connectivity index (χ0v) is 11.8. The first-order valence-corrected chi connectivity index (χ1v) is 7.03. The molecule has 21 heavy (non-hydrogen) atoms. The van der Waals surface area contributed by atoms with E-state index in [9.17, 15) is 9.18 Å². The Morgan fingerprint density at radius 2 is 2.00 bits per heavy atom. The van der Waals surface area contributed by atoms with Crippen molar-refractivity contribution in [1.29, 1.82) is 0 Å². The van der Waals surface area contributed by atoms with E-state index in [4.69, 9.17) is 4.74 Å². The lowest BCUT2D eigenvalue weighted by Crippen LogP contribution is -2.07. The molecule has 0 atom stereocenters. The third-order valence-corrected chi connectivity index (χ3v) is 3.10. The van der Waals surface area contributed by atoms with E-state index in [1.165, 1.54) is 12.1 Å². The van der Waals surface area contributed by atoms with E-state index in [1.54, 1.807) is 18.3 Å². The molecule has 0 aliphatic carbocycles. The van der Waals surface area contributed by atoms with E-state index in [0.29, 0.717) is 13.0 Å². The van der Waals surface area contributed by atoms with Crippen LogP contribution in [-0.4, -0.2) is 17.6 Å². The van der Waals surface area contributed by atoms with Crippen molar-refractivity contribution in [2.75, 3.05) is 6.61 Å². The Kier molecular flexibility index (Phi) is 5.88. The van der Waals surface area contributed by atoms with Gasteiger partial charge in [0, 0.05) is 18.8 Å². The Hall–Kier alpha value is -2.23. The highest BCUT2D eigenvalue weighted by Crippen LogP contribution is 2.07. The van der Waals surface area contributed by atoms with Crippen LogP contribution in [0.5, 0.6) is 0 Å². The summed E-state index contributed by atoms with van der Waals surface area (Å²) in [6.07, 6.45) is 5.93. The van der Waals surface area contributed by atoms with Gasteiger partial charge in [-0.3, -0.25) is 9.78 Å². The molecule has 1 aromatic carbocycles. The van der Waals surface area contributed by atoms with Crippen LogP contribution < -0.4 is 0 Å². The van der Waals surface area contributed by atoms with E-state index >= 15 is 0 Å². The first kappa shape index (κ1) is 15.2. The Morgan fingerprint density at radius 3 is 2.76 bits per heavy atom. The van der Waals surface area contributed by atoms with Crippen LogP contribution in [0.4, 0.5) is 4.39 Å². The van der Waals surface area contributed by atoms with Crippen LogP contribution in [0, 0.1) is 5.82 Å². The van der Waals surface area contributed by atoms with Crippen molar-refractivity contribution in [2.24, 2.45) is 0 Å². The Balaban J connectivity index is 1.62. The number of esters is 1. The number of rotatable bonds is 7. The lowest BCUT2D eigenvalue weighted by molar-refractivity contribution is -0.143. The summed E-state index contributed by atoms with van der Waals surface area (Å²) in [6.45, 7) is 0.400. The number of nitrogens with zero attached hydrogens (tertiary/aromatic N) is 1. The highest BCUT2D eigenvalue weighted by molar-refractivity contribution is 5.69. The number of aromatic nitrogens is 1. The van der Waals surface area contributed by atoms with Gasteiger partial charge < -0.3 is 4.74 Å². The van der Waals surface area contributed by atoms with Crippen LogP contribution in [0.1, 0.15) is 24.0 Å². The number of hydrogen-bond donors (Lipinski definition) is 0. The maximum atomic E-state index is 13.0. The number of hydrogen-bond acceptors (Lipinski definition) is 3. The first-order chi connectivity index (χ1) is 10.2. The fourth-order valence-electron chi connectivity index (χ4n) is 2.02. The number of aryl methyl sites for hydroxylation is 2. The smallest absolute Gasteiger partial charge is 0.306 e. The minimum atomic E-state index is -0.280. The van der Waals surface area contributed by atoms with E-state index in [-0.39, 0.29) is 18.2 Å². The first-order valence-electron chi connectivity index (χ1n) is 7.03. The van der Waals surface area contributed by atoms with Crippen molar-refractivity contribution >= 4 is 5.97 Å². The van der Waals surface area contributed by atoms with Crippen LogP contribution in [0.2, 0.25) is 0 Å². The van der Waals surface area contributed by atoms with Gasteiger partial charge in [-0.05, 0) is 48.6 Å². The second-order valence-corrected chi connectivity index (χ2v) is 4.82. The summed E-state index contributed by atoms with van der Waals surface area (Å²) in [5.41, 5.74) is 1.94. The number of pyridine rings is 1. The van der Waals surface area contributed by atoms with Gasteiger partial charge in [0.25, 0.3) is 0 Å². The Bertz CT molecular complexity index is 572. The molecule has 0 aliphatic heterocycles. The number of carbonyl (C=O) groups excluding carboxylic acids is 1. The summed E-state index contributed by atoms with van der Waals surface area (Å²) in [4.78, 5) is 15.6. The van der Waals surface area contributed by atoms with Crippen molar-refractivity contribution in [2.45, 2.75) is 25.7 Å². The van der Waals surface area contributed by atoms with Gasteiger partial charge in [0.1, 0.15) is 5.82 Å². The molecule has 2 rings (SSSR count). The SMILES string of the molecule is O=C(CCc1cccc(F)c1)OCCCc1cccnc1. The molecule has 2 aromatic rings. The molecule has 1 heterocycles. The van der Waals surface area contributed by atoms with Gasteiger partial charge in [-0.15, -0.1) is 0 Å². The van der Waals surface area contributed by atoms with Gasteiger partial charge in [-0.25, -0.2) is 4.39 Å². The van der Waals surface area contributed by atoms with Crippen LogP contribution in [0.15, 0.2) is 48.8 Å². The molecule has 3 nitrogen and oxygen atoms in total. The van der Waals surface area contributed by atoms with Crippen molar-refractivity contribution in [3.8, 4) is 0 Å². The average molecular weight is 287 g/mol. The second kappa shape index (κ2) is 8.15. The summed E-state index contributed by atoms with van der Waals surface area (Å²) in [7, 11) is 0. The maximum Gasteiger partial charge on any atom is 0.306 e. The molecular weight excluding hydrogens is 269 g/mol. The molecule has 0 unspecified atom stereocenters. The molecule has 0 spiro atoms. The zero-order valence-electron chi connectivity index (χ0n) is 11.8. The molecule has 110 valence electrons. The standard InChI is InChI=1S/C17H18FNO2/c18-16-7-1-4-14(12-16)8-9-17(20)21-11-3-6-15-5-2-10-19-13-15/h1-2,4-5,7,10,12-13H,3,6,8-9,11H2. The van der Waals surface area contributed by atoms with E-state index in [2.05, 4.69) is 4.98 Å². The fraction of sp³-hybridized carbons (Fsp3) is 0.294. The van der Waals surface area contributed by atoms with E-state index in [0.717, 1.165) is 24.0 Å². The molecule has 0 radical (unpaired) electrons. The molecule has 0 amide bonds. The van der Waals surface area contributed by atoms with E-state index in [1.807, 2.05) is 18.3 Å². The summed E-state index contributed by atoms with van der Waals surface area (Å²) >= 11 is 0. The van der Waals surface area contributed by atoms with Crippen molar-refractivity contribution in [3.63, 3.8) is 0 Å². The van der Waals surface area contributed by atoms with E-state index < -0.39 is 0 Å².